The molecule has 0 aliphatic rings. The van der Waals surface area contributed by atoms with Crippen LogP contribution in [0.1, 0.15) is 13.8 Å². The summed E-state index contributed by atoms with van der Waals surface area (Å²) in [6.07, 6.45) is 5.26. The summed E-state index contributed by atoms with van der Waals surface area (Å²) in [6, 6.07) is 0. The van der Waals surface area contributed by atoms with E-state index in [0.29, 0.717) is 0 Å². The largest absolute Gasteiger partial charge is 0.261 e. The van der Waals surface area contributed by atoms with E-state index in [4.69, 9.17) is 0 Å². The first-order valence-corrected chi connectivity index (χ1v) is 5.97. The Kier molecular flexibility index (Phi) is 5.96. The molecule has 1 heterocycles. The quantitative estimate of drug-likeness (QED) is 0.601. The minimum absolute atomic E-state index is 0.0692. The predicted octanol–water partition coefficient (Wildman–Crippen LogP) is 1.87. The van der Waals surface area contributed by atoms with Crippen LogP contribution in [0.25, 0.3) is 0 Å². The van der Waals surface area contributed by atoms with Crippen LogP contribution in [0.2, 0.25) is 0 Å². The highest BCUT2D eigenvalue weighted by Gasteiger charge is 1.95. The van der Waals surface area contributed by atoms with Gasteiger partial charge in [0.05, 0.1) is 11.6 Å². The van der Waals surface area contributed by atoms with Crippen LogP contribution >= 0.6 is 7.92 Å². The fourth-order valence-corrected chi connectivity index (χ4v) is 1.12. The van der Waals surface area contributed by atoms with Crippen molar-refractivity contribution in [1.29, 1.82) is 0 Å². The van der Waals surface area contributed by atoms with Crippen molar-refractivity contribution >= 4 is 13.4 Å². The number of aromatic nitrogens is 2. The third-order valence-corrected chi connectivity index (χ3v) is 2.16. The zero-order valence-corrected chi connectivity index (χ0v) is 8.47. The fourth-order valence-electron chi connectivity index (χ4n) is 0.522. The minimum Gasteiger partial charge on any atom is -0.261 e. The maximum atomic E-state index is 4.14. The van der Waals surface area contributed by atoms with Gasteiger partial charge in [0.1, 0.15) is 0 Å². The molecule has 0 unspecified atom stereocenters. The van der Waals surface area contributed by atoms with Gasteiger partial charge < -0.3 is 0 Å². The van der Waals surface area contributed by atoms with E-state index in [0.717, 1.165) is 5.44 Å². The highest BCUT2D eigenvalue weighted by atomic mass is 31.1. The molecule has 0 amide bonds. The van der Waals surface area contributed by atoms with Gasteiger partial charge in [-0.3, -0.25) is 9.97 Å². The topological polar surface area (TPSA) is 25.8 Å². The number of nitrogens with zero attached hydrogens (tertiary/aromatic N) is 2. The first-order valence-electron chi connectivity index (χ1n) is 3.74. The van der Waals surface area contributed by atoms with Gasteiger partial charge in [0.15, 0.2) is 0 Å². The molecule has 0 bridgehead atoms. The van der Waals surface area contributed by atoms with Crippen molar-refractivity contribution < 1.29 is 0 Å². The van der Waals surface area contributed by atoms with E-state index in [-0.39, 0.29) is 7.92 Å². The van der Waals surface area contributed by atoms with E-state index < -0.39 is 0 Å². The lowest BCUT2D eigenvalue weighted by atomic mass is 10.8. The van der Waals surface area contributed by atoms with Gasteiger partial charge in [0.25, 0.3) is 0 Å². The van der Waals surface area contributed by atoms with Gasteiger partial charge >= 0.3 is 0 Å². The van der Waals surface area contributed by atoms with E-state index in [2.05, 4.69) is 23.3 Å². The first-order chi connectivity index (χ1) is 5.30. The van der Waals surface area contributed by atoms with Crippen molar-refractivity contribution in [1.82, 2.24) is 9.97 Å². The first kappa shape index (κ1) is 10.5. The van der Waals surface area contributed by atoms with E-state index >= 15 is 0 Å². The summed E-state index contributed by atoms with van der Waals surface area (Å²) in [7, 11) is -0.0692. The molecule has 0 fully saturated rings. The van der Waals surface area contributed by atoms with Crippen LogP contribution in [-0.2, 0) is 0 Å². The van der Waals surface area contributed by atoms with Crippen LogP contribution in [0.5, 0.6) is 0 Å². The molecule has 1 aromatic rings. The molecule has 0 spiro atoms. The lowest BCUT2D eigenvalue weighted by molar-refractivity contribution is 1.24. The minimum atomic E-state index is -0.0692. The maximum Gasteiger partial charge on any atom is 0.0807 e. The molecule has 0 atom stereocenters. The van der Waals surface area contributed by atoms with Crippen molar-refractivity contribution in [3.8, 4) is 0 Å². The van der Waals surface area contributed by atoms with Crippen LogP contribution in [0.15, 0.2) is 18.6 Å². The van der Waals surface area contributed by atoms with Crippen LogP contribution in [0.4, 0.5) is 0 Å². The molecule has 2 nitrogen and oxygen atoms in total. The Bertz CT molecular complexity index is 175. The molecule has 1 aromatic heterocycles. The van der Waals surface area contributed by atoms with Crippen LogP contribution in [-0.4, -0.2) is 23.3 Å². The highest BCUT2D eigenvalue weighted by Crippen LogP contribution is 2.20. The molecular formula is C8H15N2P. The zero-order valence-electron chi connectivity index (χ0n) is 7.57. The Labute approximate surface area is 69.8 Å². The fraction of sp³-hybridized carbons (Fsp3) is 0.500. The highest BCUT2D eigenvalue weighted by molar-refractivity contribution is 7.63. The van der Waals surface area contributed by atoms with Crippen LogP contribution < -0.4 is 5.44 Å². The van der Waals surface area contributed by atoms with Gasteiger partial charge in [-0.05, 0) is 13.3 Å². The summed E-state index contributed by atoms with van der Waals surface area (Å²) < 4.78 is 0. The summed E-state index contributed by atoms with van der Waals surface area (Å²) in [5.41, 5.74) is 1.12. The molecule has 0 aliphatic carbocycles. The lowest BCUT2D eigenvalue weighted by Crippen LogP contribution is -2.03. The van der Waals surface area contributed by atoms with E-state index in [1.807, 2.05) is 20.0 Å². The Hall–Kier alpha value is -0.490. The van der Waals surface area contributed by atoms with Crippen LogP contribution in [0, 0.1) is 0 Å². The third kappa shape index (κ3) is 4.05. The van der Waals surface area contributed by atoms with Gasteiger partial charge in [-0.25, -0.2) is 0 Å². The molecule has 3 heteroatoms. The Balaban J connectivity index is 0.000000461. The molecule has 1 rings (SSSR count). The molecule has 0 saturated heterocycles. The van der Waals surface area contributed by atoms with Gasteiger partial charge in [0.2, 0.25) is 0 Å². The second-order valence-electron chi connectivity index (χ2n) is 1.96. The second-order valence-corrected chi connectivity index (χ2v) is 4.21. The van der Waals surface area contributed by atoms with Gasteiger partial charge in [-0.15, -0.1) is 0 Å². The Morgan fingerprint density at radius 2 is 1.82 bits per heavy atom. The molecular weight excluding hydrogens is 155 g/mol. The number of hydrogen-bond acceptors (Lipinski definition) is 2. The average Bonchev–Trinajstić information content (AvgIpc) is 2.10. The van der Waals surface area contributed by atoms with Crippen molar-refractivity contribution in [2.75, 3.05) is 13.3 Å². The molecule has 0 N–H and O–H groups in total. The van der Waals surface area contributed by atoms with E-state index in [1.165, 1.54) is 0 Å². The summed E-state index contributed by atoms with van der Waals surface area (Å²) in [5.74, 6) is 0. The number of hydrogen-bond donors (Lipinski definition) is 0. The normalized spacial score (nSPS) is 8.82. The molecule has 0 radical (unpaired) electrons. The maximum absolute atomic E-state index is 4.14. The third-order valence-electron chi connectivity index (χ3n) is 1.01. The molecule has 0 aliphatic heterocycles. The van der Waals surface area contributed by atoms with Gasteiger partial charge in [-0.2, -0.15) is 0 Å². The summed E-state index contributed by atoms with van der Waals surface area (Å²) in [6.45, 7) is 8.33. The standard InChI is InChI=1S/C6H9N2P.C2H6/c1-9(2)6-5-7-3-4-8-6;1-2/h3-5H,1-2H3;1-2H3. The van der Waals surface area contributed by atoms with E-state index in [9.17, 15) is 0 Å². The predicted molar refractivity (Wildman–Crippen MR) is 51.8 cm³/mol. The zero-order chi connectivity index (χ0) is 8.69. The van der Waals surface area contributed by atoms with Crippen molar-refractivity contribution in [3.05, 3.63) is 18.6 Å². The van der Waals surface area contributed by atoms with Gasteiger partial charge in [0, 0.05) is 12.4 Å². The lowest BCUT2D eigenvalue weighted by Gasteiger charge is -2.00. The molecule has 0 saturated carbocycles. The summed E-state index contributed by atoms with van der Waals surface area (Å²) >= 11 is 0. The van der Waals surface area contributed by atoms with Crippen molar-refractivity contribution in [2.45, 2.75) is 13.8 Å². The molecule has 0 aromatic carbocycles. The monoisotopic (exact) mass is 170 g/mol. The molecule has 62 valence electrons. The van der Waals surface area contributed by atoms with Gasteiger partial charge in [-0.1, -0.05) is 21.8 Å². The smallest absolute Gasteiger partial charge is 0.0807 e. The average molecular weight is 170 g/mol. The Morgan fingerprint density at radius 1 is 1.18 bits per heavy atom. The second kappa shape index (κ2) is 6.23. The molecule has 11 heavy (non-hydrogen) atoms. The van der Waals surface area contributed by atoms with Crippen molar-refractivity contribution in [2.24, 2.45) is 0 Å². The SMILES string of the molecule is CC.CP(C)c1cnccn1. The Morgan fingerprint density at radius 3 is 2.09 bits per heavy atom. The van der Waals surface area contributed by atoms with E-state index in [1.54, 1.807) is 12.4 Å². The summed E-state index contributed by atoms with van der Waals surface area (Å²) in [4.78, 5) is 8.10. The van der Waals surface area contributed by atoms with Crippen LogP contribution in [0.3, 0.4) is 0 Å². The summed E-state index contributed by atoms with van der Waals surface area (Å²) in [5, 5.41) is 0. The number of rotatable bonds is 1. The van der Waals surface area contributed by atoms with Crippen molar-refractivity contribution in [3.63, 3.8) is 0 Å².